The van der Waals surface area contributed by atoms with Gasteiger partial charge in [0.15, 0.2) is 0 Å². The average molecular weight is 308 g/mol. The Labute approximate surface area is 131 Å². The van der Waals surface area contributed by atoms with Crippen molar-refractivity contribution in [1.82, 2.24) is 0 Å². The summed E-state index contributed by atoms with van der Waals surface area (Å²) in [4.78, 5) is 10.7. The number of rotatable bonds is 12. The highest BCUT2D eigenvalue weighted by atomic mass is 16.6. The Morgan fingerprint density at radius 3 is 2.18 bits per heavy atom. The van der Waals surface area contributed by atoms with Crippen LogP contribution in [-0.4, -0.2) is 45.6 Å². The van der Waals surface area contributed by atoms with E-state index in [0.29, 0.717) is 33.0 Å². The van der Waals surface area contributed by atoms with Crippen molar-refractivity contribution < 1.29 is 23.7 Å². The fourth-order valence-electron chi connectivity index (χ4n) is 1.62. The molecule has 122 valence electrons. The van der Waals surface area contributed by atoms with Gasteiger partial charge in [0.05, 0.1) is 26.4 Å². The van der Waals surface area contributed by atoms with Gasteiger partial charge in [0.1, 0.15) is 19.0 Å². The van der Waals surface area contributed by atoms with E-state index in [4.69, 9.17) is 18.9 Å². The molecule has 5 heteroatoms. The number of aryl methyl sites for hydroxylation is 1. The summed E-state index contributed by atoms with van der Waals surface area (Å²) in [5.74, 6) is 0.407. The minimum atomic E-state index is -0.441. The molecule has 0 radical (unpaired) electrons. The average Bonchev–Trinajstić information content (AvgIpc) is 2.56. The van der Waals surface area contributed by atoms with Crippen LogP contribution >= 0.6 is 0 Å². The number of hydrogen-bond donors (Lipinski definition) is 0. The molecule has 0 fully saturated rings. The molecule has 1 rings (SSSR count). The maximum atomic E-state index is 10.7. The lowest BCUT2D eigenvalue weighted by Gasteiger charge is -2.08. The standard InChI is InChI=1S/C17H24O5/c1-3-15-5-7-16(8-6-15)21-13-11-19-9-10-20-12-14-22-17(18)4-2/h4-8H,2-3,9-14H2,1H3. The van der Waals surface area contributed by atoms with Crippen LogP contribution in [0, 0.1) is 0 Å². The van der Waals surface area contributed by atoms with Crippen LogP contribution in [0.1, 0.15) is 12.5 Å². The van der Waals surface area contributed by atoms with Gasteiger partial charge in [-0.3, -0.25) is 0 Å². The summed E-state index contributed by atoms with van der Waals surface area (Å²) in [6.07, 6.45) is 2.15. The van der Waals surface area contributed by atoms with Gasteiger partial charge in [-0.25, -0.2) is 4.79 Å². The number of carbonyl (C=O) groups excluding carboxylic acids is 1. The maximum Gasteiger partial charge on any atom is 0.330 e. The molecular formula is C17H24O5. The number of hydrogen-bond acceptors (Lipinski definition) is 5. The second kappa shape index (κ2) is 11.8. The smallest absolute Gasteiger partial charge is 0.330 e. The van der Waals surface area contributed by atoms with E-state index in [1.54, 1.807) is 0 Å². The fraction of sp³-hybridized carbons (Fsp3) is 0.471. The zero-order valence-corrected chi connectivity index (χ0v) is 13.1. The molecule has 0 N–H and O–H groups in total. The molecule has 0 amide bonds. The zero-order chi connectivity index (χ0) is 16.0. The van der Waals surface area contributed by atoms with E-state index >= 15 is 0 Å². The largest absolute Gasteiger partial charge is 0.491 e. The van der Waals surface area contributed by atoms with Crippen LogP contribution in [0.25, 0.3) is 0 Å². The molecule has 0 saturated heterocycles. The molecule has 0 aliphatic carbocycles. The topological polar surface area (TPSA) is 54.0 Å². The van der Waals surface area contributed by atoms with Gasteiger partial charge in [-0.2, -0.15) is 0 Å². The highest BCUT2D eigenvalue weighted by Crippen LogP contribution is 2.12. The molecule has 1 aromatic rings. The Balaban J connectivity index is 1.91. The lowest BCUT2D eigenvalue weighted by atomic mass is 10.2. The molecule has 0 spiro atoms. The molecule has 0 unspecified atom stereocenters. The van der Waals surface area contributed by atoms with Crippen LogP contribution < -0.4 is 4.74 Å². The first-order chi connectivity index (χ1) is 10.8. The molecule has 0 aromatic heterocycles. The van der Waals surface area contributed by atoms with Gasteiger partial charge in [-0.15, -0.1) is 0 Å². The molecule has 0 aliphatic heterocycles. The molecule has 5 nitrogen and oxygen atoms in total. The molecule has 1 aromatic carbocycles. The van der Waals surface area contributed by atoms with Crippen LogP contribution in [0.2, 0.25) is 0 Å². The van der Waals surface area contributed by atoms with E-state index in [-0.39, 0.29) is 6.61 Å². The zero-order valence-electron chi connectivity index (χ0n) is 13.1. The number of ether oxygens (including phenoxy) is 4. The summed E-state index contributed by atoms with van der Waals surface area (Å²) in [5.41, 5.74) is 1.29. The minimum absolute atomic E-state index is 0.224. The lowest BCUT2D eigenvalue weighted by Crippen LogP contribution is -2.13. The van der Waals surface area contributed by atoms with Crippen LogP contribution in [0.3, 0.4) is 0 Å². The van der Waals surface area contributed by atoms with Crippen molar-refractivity contribution >= 4 is 5.97 Å². The van der Waals surface area contributed by atoms with E-state index in [0.717, 1.165) is 18.2 Å². The molecule has 0 saturated carbocycles. The van der Waals surface area contributed by atoms with Gasteiger partial charge in [0, 0.05) is 6.08 Å². The molecule has 0 bridgehead atoms. The van der Waals surface area contributed by atoms with E-state index in [9.17, 15) is 4.79 Å². The summed E-state index contributed by atoms with van der Waals surface area (Å²) < 4.78 is 20.9. The Morgan fingerprint density at radius 2 is 1.59 bits per heavy atom. The predicted octanol–water partition coefficient (Wildman–Crippen LogP) is 2.39. The van der Waals surface area contributed by atoms with Crippen molar-refractivity contribution in [2.24, 2.45) is 0 Å². The first-order valence-electron chi connectivity index (χ1n) is 7.42. The normalized spacial score (nSPS) is 10.2. The maximum absolute atomic E-state index is 10.7. The number of benzene rings is 1. The summed E-state index contributed by atoms with van der Waals surface area (Å²) in [6, 6.07) is 8.05. The third-order valence-electron chi connectivity index (χ3n) is 2.84. The molecule has 22 heavy (non-hydrogen) atoms. The van der Waals surface area contributed by atoms with E-state index in [1.165, 1.54) is 5.56 Å². The van der Waals surface area contributed by atoms with Crippen molar-refractivity contribution in [1.29, 1.82) is 0 Å². The van der Waals surface area contributed by atoms with E-state index in [1.807, 2.05) is 12.1 Å². The first-order valence-corrected chi connectivity index (χ1v) is 7.42. The van der Waals surface area contributed by atoms with Gasteiger partial charge >= 0.3 is 5.97 Å². The number of esters is 1. The van der Waals surface area contributed by atoms with Crippen LogP contribution in [0.15, 0.2) is 36.9 Å². The van der Waals surface area contributed by atoms with Crippen molar-refractivity contribution in [3.05, 3.63) is 42.5 Å². The van der Waals surface area contributed by atoms with Gasteiger partial charge in [-0.05, 0) is 24.1 Å². The van der Waals surface area contributed by atoms with Gasteiger partial charge in [-0.1, -0.05) is 25.6 Å². The molecule has 0 aliphatic rings. The number of carbonyl (C=O) groups is 1. The minimum Gasteiger partial charge on any atom is -0.491 e. The van der Waals surface area contributed by atoms with Crippen LogP contribution in [-0.2, 0) is 25.4 Å². The Morgan fingerprint density at radius 1 is 1.00 bits per heavy atom. The quantitative estimate of drug-likeness (QED) is 0.337. The second-order valence-corrected chi connectivity index (χ2v) is 4.44. The first kappa shape index (κ1) is 18.2. The van der Waals surface area contributed by atoms with E-state index in [2.05, 4.69) is 25.6 Å². The third kappa shape index (κ3) is 8.44. The van der Waals surface area contributed by atoms with Crippen LogP contribution in [0.5, 0.6) is 5.75 Å². The summed E-state index contributed by atoms with van der Waals surface area (Å²) in [6.45, 7) is 7.94. The van der Waals surface area contributed by atoms with Crippen molar-refractivity contribution in [2.45, 2.75) is 13.3 Å². The molecule has 0 atom stereocenters. The van der Waals surface area contributed by atoms with Crippen molar-refractivity contribution in [2.75, 3.05) is 39.6 Å². The summed E-state index contributed by atoms with van der Waals surface area (Å²) >= 11 is 0. The highest BCUT2D eigenvalue weighted by molar-refractivity contribution is 5.81. The lowest BCUT2D eigenvalue weighted by molar-refractivity contribution is -0.139. The molecular weight excluding hydrogens is 284 g/mol. The third-order valence-corrected chi connectivity index (χ3v) is 2.84. The highest BCUT2D eigenvalue weighted by Gasteiger charge is 1.96. The van der Waals surface area contributed by atoms with Gasteiger partial charge in [0.2, 0.25) is 0 Å². The Hall–Kier alpha value is -1.85. The van der Waals surface area contributed by atoms with Gasteiger partial charge < -0.3 is 18.9 Å². The van der Waals surface area contributed by atoms with Crippen molar-refractivity contribution in [3.63, 3.8) is 0 Å². The van der Waals surface area contributed by atoms with Crippen LogP contribution in [0.4, 0.5) is 0 Å². The monoisotopic (exact) mass is 308 g/mol. The summed E-state index contributed by atoms with van der Waals surface area (Å²) in [5, 5.41) is 0. The fourth-order valence-corrected chi connectivity index (χ4v) is 1.62. The predicted molar refractivity (Wildman–Crippen MR) is 84.1 cm³/mol. The van der Waals surface area contributed by atoms with Crippen molar-refractivity contribution in [3.8, 4) is 5.75 Å². The Bertz CT molecular complexity index is 427. The second-order valence-electron chi connectivity index (χ2n) is 4.44. The van der Waals surface area contributed by atoms with E-state index < -0.39 is 5.97 Å². The molecule has 0 heterocycles. The SMILES string of the molecule is C=CC(=O)OCCOCCOCCOc1ccc(CC)cc1. The van der Waals surface area contributed by atoms with Gasteiger partial charge in [0.25, 0.3) is 0 Å². The Kier molecular flexibility index (Phi) is 9.74. The summed E-state index contributed by atoms with van der Waals surface area (Å²) in [7, 11) is 0.